The summed E-state index contributed by atoms with van der Waals surface area (Å²) in [7, 11) is -3.55. The highest BCUT2D eigenvalue weighted by molar-refractivity contribution is 7.89. The Kier molecular flexibility index (Phi) is 5.86. The van der Waals surface area contributed by atoms with Gasteiger partial charge in [0, 0.05) is 19.5 Å². The summed E-state index contributed by atoms with van der Waals surface area (Å²) in [6, 6.07) is 6.45. The van der Waals surface area contributed by atoms with E-state index in [1.165, 1.54) is 16.4 Å². The smallest absolute Gasteiger partial charge is 0.243 e. The summed E-state index contributed by atoms with van der Waals surface area (Å²) in [6.45, 7) is 1.94. The topological polar surface area (TPSA) is 83.6 Å². The number of rotatable bonds is 7. The Morgan fingerprint density at radius 1 is 1.37 bits per heavy atom. The first kappa shape index (κ1) is 16.0. The Bertz CT molecular complexity index is 526. The first-order valence-electron chi connectivity index (χ1n) is 5.90. The number of likely N-dealkylation sites (N-methyl/N-ethyl adjacent to an activating group) is 1. The molecule has 0 saturated carbocycles. The van der Waals surface area contributed by atoms with Gasteiger partial charge in [0.1, 0.15) is 0 Å². The fourth-order valence-corrected chi connectivity index (χ4v) is 3.30. The zero-order valence-electron chi connectivity index (χ0n) is 10.7. The van der Waals surface area contributed by atoms with Crippen LogP contribution in [0.3, 0.4) is 0 Å². The van der Waals surface area contributed by atoms with E-state index < -0.39 is 10.0 Å². The summed E-state index contributed by atoms with van der Waals surface area (Å²) >= 11 is 4.80. The molecule has 0 aliphatic carbocycles. The van der Waals surface area contributed by atoms with Crippen molar-refractivity contribution < 1.29 is 13.5 Å². The highest BCUT2D eigenvalue weighted by Gasteiger charge is 2.22. The van der Waals surface area contributed by atoms with E-state index in [-0.39, 0.29) is 18.0 Å². The van der Waals surface area contributed by atoms with Gasteiger partial charge in [0.15, 0.2) is 0 Å². The molecular formula is C12H18N2O3S2. The van der Waals surface area contributed by atoms with Crippen molar-refractivity contribution in [2.45, 2.75) is 18.2 Å². The number of nitrogens with zero attached hydrogens (tertiary/aromatic N) is 1. The van der Waals surface area contributed by atoms with Crippen LogP contribution in [0, 0.1) is 0 Å². The summed E-state index contributed by atoms with van der Waals surface area (Å²) in [5.74, 6) is 0. The molecule has 0 spiro atoms. The highest BCUT2D eigenvalue weighted by Crippen LogP contribution is 2.16. The van der Waals surface area contributed by atoms with Crippen LogP contribution in [-0.4, -0.2) is 42.5 Å². The van der Waals surface area contributed by atoms with Crippen LogP contribution in [0.25, 0.3) is 0 Å². The number of thiocarbonyl (C=S) groups is 1. The van der Waals surface area contributed by atoms with Gasteiger partial charge < -0.3 is 10.8 Å². The lowest BCUT2D eigenvalue weighted by molar-refractivity contribution is 0.257. The first-order chi connectivity index (χ1) is 8.91. The molecule has 1 rings (SSSR count). The summed E-state index contributed by atoms with van der Waals surface area (Å²) in [6.07, 6.45) is 0.448. The third kappa shape index (κ3) is 4.24. The lowest BCUT2D eigenvalue weighted by Crippen LogP contribution is -2.33. The van der Waals surface area contributed by atoms with Crippen LogP contribution < -0.4 is 5.73 Å². The first-order valence-corrected chi connectivity index (χ1v) is 7.75. The van der Waals surface area contributed by atoms with Gasteiger partial charge in [0.05, 0.1) is 16.5 Å². The zero-order chi connectivity index (χ0) is 14.5. The number of aliphatic hydroxyl groups excluding tert-OH is 1. The Balaban J connectivity index is 2.98. The van der Waals surface area contributed by atoms with E-state index in [1.807, 2.05) is 0 Å². The lowest BCUT2D eigenvalue weighted by atomic mass is 10.1. The third-order valence-electron chi connectivity index (χ3n) is 2.64. The second kappa shape index (κ2) is 6.95. The van der Waals surface area contributed by atoms with E-state index in [1.54, 1.807) is 19.1 Å². The molecule has 0 atom stereocenters. The number of hydrogen-bond acceptors (Lipinski definition) is 4. The summed E-state index contributed by atoms with van der Waals surface area (Å²) < 4.78 is 25.7. The molecular weight excluding hydrogens is 284 g/mol. The molecule has 0 saturated heterocycles. The van der Waals surface area contributed by atoms with Crippen LogP contribution in [0.2, 0.25) is 0 Å². The molecule has 0 bridgehead atoms. The summed E-state index contributed by atoms with van der Waals surface area (Å²) in [5, 5.41) is 8.89. The van der Waals surface area contributed by atoms with Crippen LogP contribution in [0.15, 0.2) is 29.2 Å². The number of nitrogens with two attached hydrogens (primary N) is 1. The normalized spacial score (nSPS) is 11.7. The molecule has 0 aliphatic rings. The van der Waals surface area contributed by atoms with Gasteiger partial charge in [-0.25, -0.2) is 8.42 Å². The molecule has 3 N–H and O–H groups in total. The molecule has 106 valence electrons. The fourth-order valence-electron chi connectivity index (χ4n) is 1.69. The van der Waals surface area contributed by atoms with Gasteiger partial charge in [-0.15, -0.1) is 0 Å². The number of sulfonamides is 1. The van der Waals surface area contributed by atoms with Gasteiger partial charge in [-0.2, -0.15) is 4.31 Å². The maximum atomic E-state index is 12.3. The molecule has 0 heterocycles. The molecule has 19 heavy (non-hydrogen) atoms. The minimum atomic E-state index is -3.55. The van der Waals surface area contributed by atoms with E-state index in [0.29, 0.717) is 18.0 Å². The predicted molar refractivity (Wildman–Crippen MR) is 78.5 cm³/mol. The molecule has 0 fully saturated rings. The maximum absolute atomic E-state index is 12.3. The minimum absolute atomic E-state index is 0.0907. The average Bonchev–Trinajstić information content (AvgIpc) is 2.35. The predicted octanol–water partition coefficient (Wildman–Crippen LogP) is 0.518. The van der Waals surface area contributed by atoms with Crippen LogP contribution >= 0.6 is 12.2 Å². The van der Waals surface area contributed by atoms with E-state index in [9.17, 15) is 8.42 Å². The van der Waals surface area contributed by atoms with Crippen molar-refractivity contribution in [1.29, 1.82) is 0 Å². The van der Waals surface area contributed by atoms with Crippen LogP contribution in [0.5, 0.6) is 0 Å². The largest absolute Gasteiger partial charge is 0.395 e. The van der Waals surface area contributed by atoms with Gasteiger partial charge >= 0.3 is 0 Å². The Morgan fingerprint density at radius 3 is 2.37 bits per heavy atom. The average molecular weight is 302 g/mol. The molecule has 0 aliphatic heterocycles. The van der Waals surface area contributed by atoms with Crippen LogP contribution in [0.4, 0.5) is 0 Å². The van der Waals surface area contributed by atoms with E-state index in [2.05, 4.69) is 0 Å². The van der Waals surface area contributed by atoms with Crippen LogP contribution in [-0.2, 0) is 16.4 Å². The molecule has 0 aromatic heterocycles. The minimum Gasteiger partial charge on any atom is -0.395 e. The van der Waals surface area contributed by atoms with Gasteiger partial charge in [-0.1, -0.05) is 31.3 Å². The van der Waals surface area contributed by atoms with Gasteiger partial charge in [0.25, 0.3) is 0 Å². The molecule has 7 heteroatoms. The van der Waals surface area contributed by atoms with Crippen molar-refractivity contribution >= 4 is 27.2 Å². The molecule has 1 aromatic carbocycles. The zero-order valence-corrected chi connectivity index (χ0v) is 12.4. The number of hydrogen-bond donors (Lipinski definition) is 2. The van der Waals surface area contributed by atoms with Crippen molar-refractivity contribution in [3.05, 3.63) is 29.8 Å². The van der Waals surface area contributed by atoms with Crippen molar-refractivity contribution in [2.75, 3.05) is 19.7 Å². The van der Waals surface area contributed by atoms with Crippen molar-refractivity contribution in [2.24, 2.45) is 5.73 Å². The number of benzene rings is 1. The second-order valence-electron chi connectivity index (χ2n) is 4.01. The lowest BCUT2D eigenvalue weighted by Gasteiger charge is -2.19. The maximum Gasteiger partial charge on any atom is 0.243 e. The third-order valence-corrected chi connectivity index (χ3v) is 4.77. The van der Waals surface area contributed by atoms with Crippen LogP contribution in [0.1, 0.15) is 12.5 Å². The Hall–Kier alpha value is -1.02. The standard InChI is InChI=1S/C12H18N2O3S2/c1-2-14(7-8-15)19(16,17)11-5-3-10(4-6-11)9-12(13)18/h3-6,15H,2,7-9H2,1H3,(H2,13,18). The van der Waals surface area contributed by atoms with Gasteiger partial charge in [0.2, 0.25) is 10.0 Å². The van der Waals surface area contributed by atoms with Crippen molar-refractivity contribution in [3.8, 4) is 0 Å². The SMILES string of the molecule is CCN(CCO)S(=O)(=O)c1ccc(CC(N)=S)cc1. The quantitative estimate of drug-likeness (QED) is 0.717. The Morgan fingerprint density at radius 2 is 1.95 bits per heavy atom. The monoisotopic (exact) mass is 302 g/mol. The molecule has 1 aromatic rings. The fraction of sp³-hybridized carbons (Fsp3) is 0.417. The molecule has 0 unspecified atom stereocenters. The Labute approximate surface area is 119 Å². The molecule has 5 nitrogen and oxygen atoms in total. The van der Waals surface area contributed by atoms with E-state index in [0.717, 1.165) is 5.56 Å². The second-order valence-corrected chi connectivity index (χ2v) is 6.47. The molecule has 0 radical (unpaired) electrons. The van der Waals surface area contributed by atoms with Gasteiger partial charge in [-0.3, -0.25) is 0 Å². The van der Waals surface area contributed by atoms with Crippen molar-refractivity contribution in [3.63, 3.8) is 0 Å². The summed E-state index contributed by atoms with van der Waals surface area (Å²) in [5.41, 5.74) is 6.31. The van der Waals surface area contributed by atoms with E-state index >= 15 is 0 Å². The highest BCUT2D eigenvalue weighted by atomic mass is 32.2. The summed E-state index contributed by atoms with van der Waals surface area (Å²) in [4.78, 5) is 0.570. The number of aliphatic hydroxyl groups is 1. The molecule has 0 amide bonds. The van der Waals surface area contributed by atoms with Crippen molar-refractivity contribution in [1.82, 2.24) is 4.31 Å². The van der Waals surface area contributed by atoms with E-state index in [4.69, 9.17) is 23.1 Å². The van der Waals surface area contributed by atoms with Gasteiger partial charge in [-0.05, 0) is 17.7 Å².